The Hall–Kier alpha value is -0.740. The molecule has 1 atom stereocenters. The van der Waals surface area contributed by atoms with Gasteiger partial charge in [0.05, 0.1) is 26.1 Å². The maximum Gasteiger partial charge on any atom is 0.242 e. The molecule has 4 aliphatic rings. The van der Waals surface area contributed by atoms with Crippen molar-refractivity contribution in [2.45, 2.75) is 24.5 Å². The van der Waals surface area contributed by atoms with E-state index in [1.54, 1.807) is 0 Å². The molecule has 0 aromatic heterocycles. The van der Waals surface area contributed by atoms with Crippen LogP contribution < -0.4 is 0 Å². The van der Waals surface area contributed by atoms with Gasteiger partial charge in [0, 0.05) is 39.3 Å². The molecule has 3 aliphatic heterocycles. The first kappa shape index (κ1) is 17.7. The number of nitrogens with zero attached hydrogens (tertiary/aromatic N) is 3. The van der Waals surface area contributed by atoms with Crippen LogP contribution in [0.25, 0.3) is 0 Å². The number of rotatable bonds is 4. The molecule has 3 heterocycles. The summed E-state index contributed by atoms with van der Waals surface area (Å²) in [7, 11) is -3.17. The third-order valence-corrected chi connectivity index (χ3v) is 6.87. The van der Waals surface area contributed by atoms with E-state index in [0.717, 1.165) is 6.54 Å². The standard InChI is InChI=1S/C16H27N3O5S/c1-25(21,22)19-11-16(12-19)10-18(8-13-2-3-13)14(9-24-16)15(20)17-4-6-23-7-5-17/h13-14H,2-12H2,1H3. The Balaban J connectivity index is 1.43. The monoisotopic (exact) mass is 373 g/mol. The number of carbonyl (C=O) groups excluding carboxylic acids is 1. The average molecular weight is 373 g/mol. The Morgan fingerprint density at radius 3 is 2.44 bits per heavy atom. The molecule has 1 unspecified atom stereocenters. The van der Waals surface area contributed by atoms with E-state index in [-0.39, 0.29) is 11.9 Å². The van der Waals surface area contributed by atoms with Gasteiger partial charge < -0.3 is 14.4 Å². The first-order valence-corrected chi connectivity index (χ1v) is 10.9. The third-order valence-electron chi connectivity index (χ3n) is 5.67. The number of amides is 1. The molecule has 4 rings (SSSR count). The van der Waals surface area contributed by atoms with Gasteiger partial charge in [0.25, 0.3) is 0 Å². The van der Waals surface area contributed by atoms with Crippen molar-refractivity contribution in [3.63, 3.8) is 0 Å². The molecule has 142 valence electrons. The smallest absolute Gasteiger partial charge is 0.242 e. The summed E-state index contributed by atoms with van der Waals surface area (Å²) >= 11 is 0. The van der Waals surface area contributed by atoms with E-state index in [2.05, 4.69) is 4.90 Å². The summed E-state index contributed by atoms with van der Waals surface area (Å²) < 4.78 is 36.2. The molecule has 25 heavy (non-hydrogen) atoms. The first-order valence-electron chi connectivity index (χ1n) is 9.06. The summed E-state index contributed by atoms with van der Waals surface area (Å²) in [6.45, 7) is 5.14. The second-order valence-corrected chi connectivity index (χ2v) is 9.83. The fourth-order valence-electron chi connectivity index (χ4n) is 3.96. The molecule has 8 nitrogen and oxygen atoms in total. The highest BCUT2D eigenvalue weighted by Crippen LogP contribution is 2.36. The van der Waals surface area contributed by atoms with E-state index in [1.807, 2.05) is 4.90 Å². The highest BCUT2D eigenvalue weighted by atomic mass is 32.2. The van der Waals surface area contributed by atoms with Crippen molar-refractivity contribution in [2.24, 2.45) is 5.92 Å². The summed E-state index contributed by atoms with van der Waals surface area (Å²) in [5.74, 6) is 0.791. The van der Waals surface area contributed by atoms with Crippen LogP contribution in [-0.2, 0) is 24.3 Å². The van der Waals surface area contributed by atoms with Gasteiger partial charge in [-0.05, 0) is 18.8 Å². The molecule has 0 aromatic carbocycles. The van der Waals surface area contributed by atoms with E-state index >= 15 is 0 Å². The SMILES string of the molecule is CS(=O)(=O)N1CC2(CN(CC3CC3)C(C(=O)N3CCOCC3)CO2)C1. The molecule has 4 fully saturated rings. The molecule has 0 radical (unpaired) electrons. The highest BCUT2D eigenvalue weighted by molar-refractivity contribution is 7.88. The summed E-state index contributed by atoms with van der Waals surface area (Å²) in [6.07, 6.45) is 3.67. The Labute approximate surface area is 149 Å². The third kappa shape index (κ3) is 3.71. The minimum absolute atomic E-state index is 0.123. The fourth-order valence-corrected chi connectivity index (χ4v) is 4.89. The van der Waals surface area contributed by atoms with E-state index in [0.29, 0.717) is 58.5 Å². The molecule has 1 amide bonds. The lowest BCUT2D eigenvalue weighted by molar-refractivity contribution is -0.190. The topological polar surface area (TPSA) is 79.4 Å². The summed E-state index contributed by atoms with van der Waals surface area (Å²) in [5.41, 5.74) is -0.445. The summed E-state index contributed by atoms with van der Waals surface area (Å²) in [4.78, 5) is 17.1. The molecular weight excluding hydrogens is 346 g/mol. The van der Waals surface area contributed by atoms with Crippen LogP contribution in [0, 0.1) is 5.92 Å². The number of morpholine rings is 2. The predicted octanol–water partition coefficient (Wildman–Crippen LogP) is -1.03. The van der Waals surface area contributed by atoms with Gasteiger partial charge in [-0.3, -0.25) is 9.69 Å². The Kier molecular flexibility index (Phi) is 4.56. The second-order valence-electron chi connectivity index (χ2n) is 7.85. The largest absolute Gasteiger partial charge is 0.378 e. The van der Waals surface area contributed by atoms with Gasteiger partial charge in [-0.1, -0.05) is 0 Å². The van der Waals surface area contributed by atoms with E-state index < -0.39 is 15.6 Å². The van der Waals surface area contributed by atoms with Gasteiger partial charge in [0.1, 0.15) is 11.6 Å². The van der Waals surface area contributed by atoms with Crippen LogP contribution in [0.4, 0.5) is 0 Å². The van der Waals surface area contributed by atoms with Gasteiger partial charge in [-0.25, -0.2) is 8.42 Å². The number of sulfonamides is 1. The molecule has 1 spiro atoms. The maximum absolute atomic E-state index is 12.9. The second kappa shape index (κ2) is 6.45. The van der Waals surface area contributed by atoms with E-state index in [1.165, 1.54) is 23.4 Å². The zero-order valence-electron chi connectivity index (χ0n) is 14.7. The van der Waals surface area contributed by atoms with Crippen molar-refractivity contribution >= 4 is 15.9 Å². The lowest BCUT2D eigenvalue weighted by atomic mass is 9.92. The zero-order chi connectivity index (χ0) is 17.7. The predicted molar refractivity (Wildman–Crippen MR) is 90.6 cm³/mol. The maximum atomic E-state index is 12.9. The minimum Gasteiger partial charge on any atom is -0.378 e. The van der Waals surface area contributed by atoms with Gasteiger partial charge >= 0.3 is 0 Å². The van der Waals surface area contributed by atoms with Gasteiger partial charge in [0.2, 0.25) is 15.9 Å². The molecule has 1 aliphatic carbocycles. The quantitative estimate of drug-likeness (QED) is 0.627. The Morgan fingerprint density at radius 1 is 1.16 bits per heavy atom. The number of carbonyl (C=O) groups is 1. The van der Waals surface area contributed by atoms with Crippen molar-refractivity contribution in [3.8, 4) is 0 Å². The molecule has 0 aromatic rings. The molecule has 0 N–H and O–H groups in total. The van der Waals surface area contributed by atoms with Crippen LogP contribution in [0.3, 0.4) is 0 Å². The zero-order valence-corrected chi connectivity index (χ0v) is 15.5. The average Bonchev–Trinajstić information content (AvgIpc) is 3.36. The van der Waals surface area contributed by atoms with Crippen LogP contribution in [0.15, 0.2) is 0 Å². The molecule has 1 saturated carbocycles. The molecule has 0 bridgehead atoms. The van der Waals surface area contributed by atoms with Crippen LogP contribution in [0.2, 0.25) is 0 Å². The van der Waals surface area contributed by atoms with Crippen LogP contribution in [0.1, 0.15) is 12.8 Å². The van der Waals surface area contributed by atoms with Gasteiger partial charge in [-0.2, -0.15) is 4.31 Å². The molecule has 3 saturated heterocycles. The lowest BCUT2D eigenvalue weighted by Gasteiger charge is -2.55. The van der Waals surface area contributed by atoms with E-state index in [9.17, 15) is 13.2 Å². The lowest BCUT2D eigenvalue weighted by Crippen LogP contribution is -2.73. The first-order chi connectivity index (χ1) is 11.9. The normalized spacial score (nSPS) is 31.1. The van der Waals surface area contributed by atoms with Crippen molar-refractivity contribution < 1.29 is 22.7 Å². The summed E-state index contributed by atoms with van der Waals surface area (Å²) in [5, 5.41) is 0. The van der Waals surface area contributed by atoms with Crippen LogP contribution >= 0.6 is 0 Å². The Morgan fingerprint density at radius 2 is 1.84 bits per heavy atom. The van der Waals surface area contributed by atoms with Crippen molar-refractivity contribution in [3.05, 3.63) is 0 Å². The van der Waals surface area contributed by atoms with Gasteiger partial charge in [-0.15, -0.1) is 0 Å². The highest BCUT2D eigenvalue weighted by Gasteiger charge is 2.53. The van der Waals surface area contributed by atoms with Gasteiger partial charge in [0.15, 0.2) is 0 Å². The number of ether oxygens (including phenoxy) is 2. The van der Waals surface area contributed by atoms with Crippen molar-refractivity contribution in [1.82, 2.24) is 14.1 Å². The van der Waals surface area contributed by atoms with Crippen molar-refractivity contribution in [2.75, 3.05) is 65.3 Å². The molecule has 9 heteroatoms. The Bertz CT molecular complexity index is 624. The molecular formula is C16H27N3O5S. The van der Waals surface area contributed by atoms with Crippen LogP contribution in [0.5, 0.6) is 0 Å². The van der Waals surface area contributed by atoms with Crippen molar-refractivity contribution in [1.29, 1.82) is 0 Å². The van der Waals surface area contributed by atoms with Crippen LogP contribution in [-0.4, -0.2) is 105 Å². The summed E-state index contributed by atoms with van der Waals surface area (Å²) in [6, 6.07) is -0.253. The number of hydrogen-bond acceptors (Lipinski definition) is 6. The van der Waals surface area contributed by atoms with E-state index in [4.69, 9.17) is 9.47 Å². The fraction of sp³-hybridized carbons (Fsp3) is 0.938. The number of hydrogen-bond donors (Lipinski definition) is 0. The minimum atomic E-state index is -3.17.